The molecule has 3 nitrogen and oxygen atoms in total. The number of hydrogen-bond donors (Lipinski definition) is 1. The van der Waals surface area contributed by atoms with Gasteiger partial charge in [-0.3, -0.25) is 0 Å². The van der Waals surface area contributed by atoms with Crippen LogP contribution in [0.3, 0.4) is 0 Å². The van der Waals surface area contributed by atoms with Crippen LogP contribution in [0, 0.1) is 11.8 Å². The number of carbonyl (C=O) groups excluding carboxylic acids is 1. The number of amides is 2. The molecule has 1 aliphatic carbocycles. The van der Waals surface area contributed by atoms with E-state index in [0.29, 0.717) is 17.9 Å². The van der Waals surface area contributed by atoms with Gasteiger partial charge in [0, 0.05) is 19.6 Å². The van der Waals surface area contributed by atoms with Crippen molar-refractivity contribution < 1.29 is 4.79 Å². The van der Waals surface area contributed by atoms with Gasteiger partial charge < -0.3 is 10.2 Å². The van der Waals surface area contributed by atoms with Crippen molar-refractivity contribution in [1.29, 1.82) is 0 Å². The Morgan fingerprint density at radius 3 is 2.67 bits per heavy atom. The first-order chi connectivity index (χ1) is 8.50. The Bertz CT molecular complexity index is 286. The van der Waals surface area contributed by atoms with Crippen molar-refractivity contribution in [3.05, 3.63) is 12.2 Å². The number of nitrogens with zero attached hydrogens (tertiary/aromatic N) is 1. The van der Waals surface area contributed by atoms with Crippen molar-refractivity contribution >= 4 is 6.03 Å². The minimum Gasteiger partial charge on any atom is -0.338 e. The average molecular weight is 252 g/mol. The van der Waals surface area contributed by atoms with Crippen LogP contribution < -0.4 is 5.32 Å². The standard InChI is InChI=1S/C15H28N2O/c1-12(2)10-13(3)17(4)15(18)16-11-14-8-6-5-7-9-14/h5-6,12-14H,7-11H2,1-4H3,(H,16,18). The van der Waals surface area contributed by atoms with Crippen LogP contribution in [0.4, 0.5) is 4.79 Å². The highest BCUT2D eigenvalue weighted by Crippen LogP contribution is 2.17. The number of carbonyl (C=O) groups is 1. The van der Waals surface area contributed by atoms with Crippen LogP contribution in [0.2, 0.25) is 0 Å². The molecule has 0 aromatic rings. The number of hydrogen-bond acceptors (Lipinski definition) is 1. The maximum Gasteiger partial charge on any atom is 0.317 e. The Hall–Kier alpha value is -0.990. The van der Waals surface area contributed by atoms with E-state index in [1.165, 1.54) is 6.42 Å². The van der Waals surface area contributed by atoms with Crippen LogP contribution in [0.25, 0.3) is 0 Å². The van der Waals surface area contributed by atoms with E-state index in [0.717, 1.165) is 25.8 Å². The largest absolute Gasteiger partial charge is 0.338 e. The van der Waals surface area contributed by atoms with Crippen molar-refractivity contribution in [2.24, 2.45) is 11.8 Å². The van der Waals surface area contributed by atoms with E-state index in [-0.39, 0.29) is 6.03 Å². The van der Waals surface area contributed by atoms with Crippen molar-refractivity contribution in [1.82, 2.24) is 10.2 Å². The lowest BCUT2D eigenvalue weighted by Crippen LogP contribution is -2.44. The van der Waals surface area contributed by atoms with Crippen LogP contribution in [0.1, 0.15) is 46.5 Å². The molecule has 0 fully saturated rings. The zero-order valence-electron chi connectivity index (χ0n) is 12.3. The first-order valence-electron chi connectivity index (χ1n) is 7.16. The number of nitrogens with one attached hydrogen (secondary N) is 1. The first-order valence-corrected chi connectivity index (χ1v) is 7.16. The van der Waals surface area contributed by atoms with Gasteiger partial charge in [0.25, 0.3) is 0 Å². The monoisotopic (exact) mass is 252 g/mol. The fraction of sp³-hybridized carbons (Fsp3) is 0.800. The van der Waals surface area contributed by atoms with Gasteiger partial charge in [-0.1, -0.05) is 26.0 Å². The van der Waals surface area contributed by atoms with Crippen LogP contribution in [-0.2, 0) is 0 Å². The van der Waals surface area contributed by atoms with E-state index in [1.54, 1.807) is 0 Å². The second kappa shape index (κ2) is 7.45. The van der Waals surface area contributed by atoms with E-state index in [4.69, 9.17) is 0 Å². The number of urea groups is 1. The van der Waals surface area contributed by atoms with Gasteiger partial charge in [-0.15, -0.1) is 0 Å². The van der Waals surface area contributed by atoms with E-state index in [2.05, 4.69) is 38.2 Å². The summed E-state index contributed by atoms with van der Waals surface area (Å²) in [6.07, 6.45) is 8.96. The summed E-state index contributed by atoms with van der Waals surface area (Å²) in [6, 6.07) is 0.369. The fourth-order valence-corrected chi connectivity index (χ4v) is 2.44. The maximum atomic E-state index is 12.0. The second-order valence-electron chi connectivity index (χ2n) is 5.93. The quantitative estimate of drug-likeness (QED) is 0.747. The molecule has 2 atom stereocenters. The lowest BCUT2D eigenvalue weighted by atomic mass is 9.94. The Balaban J connectivity index is 2.28. The van der Waals surface area contributed by atoms with Gasteiger partial charge in [0.1, 0.15) is 0 Å². The summed E-state index contributed by atoms with van der Waals surface area (Å²) in [5, 5.41) is 3.06. The molecule has 2 unspecified atom stereocenters. The summed E-state index contributed by atoms with van der Waals surface area (Å²) in [6.45, 7) is 7.30. The molecule has 2 amide bonds. The molecule has 1 aliphatic rings. The molecule has 3 heteroatoms. The van der Waals surface area contributed by atoms with Gasteiger partial charge >= 0.3 is 6.03 Å². The first kappa shape index (κ1) is 15.1. The molecule has 0 bridgehead atoms. The Morgan fingerprint density at radius 2 is 2.11 bits per heavy atom. The summed E-state index contributed by atoms with van der Waals surface area (Å²) in [7, 11) is 1.89. The molecule has 0 aromatic carbocycles. The Kier molecular flexibility index (Phi) is 6.23. The van der Waals surface area contributed by atoms with Crippen molar-refractivity contribution in [3.8, 4) is 0 Å². The summed E-state index contributed by atoms with van der Waals surface area (Å²) >= 11 is 0. The summed E-state index contributed by atoms with van der Waals surface area (Å²) in [5.41, 5.74) is 0. The summed E-state index contributed by atoms with van der Waals surface area (Å²) in [4.78, 5) is 13.8. The second-order valence-corrected chi connectivity index (χ2v) is 5.93. The zero-order valence-corrected chi connectivity index (χ0v) is 12.3. The molecule has 0 radical (unpaired) electrons. The molecule has 18 heavy (non-hydrogen) atoms. The van der Waals surface area contributed by atoms with Crippen molar-refractivity contribution in [2.75, 3.05) is 13.6 Å². The molecule has 0 aromatic heterocycles. The molecular weight excluding hydrogens is 224 g/mol. The van der Waals surface area contributed by atoms with Gasteiger partial charge in [0.2, 0.25) is 0 Å². The van der Waals surface area contributed by atoms with Gasteiger partial charge in [-0.2, -0.15) is 0 Å². The minimum atomic E-state index is 0.0673. The predicted octanol–water partition coefficient (Wildman–Crippen LogP) is 3.42. The highest BCUT2D eigenvalue weighted by Gasteiger charge is 2.18. The average Bonchev–Trinajstić information content (AvgIpc) is 2.35. The topological polar surface area (TPSA) is 32.3 Å². The molecule has 0 saturated carbocycles. The molecule has 0 heterocycles. The predicted molar refractivity (Wildman–Crippen MR) is 76.6 cm³/mol. The highest BCUT2D eigenvalue weighted by atomic mass is 16.2. The molecule has 0 saturated heterocycles. The summed E-state index contributed by atoms with van der Waals surface area (Å²) < 4.78 is 0. The van der Waals surface area contributed by atoms with Crippen LogP contribution in [0.15, 0.2) is 12.2 Å². The Labute approximate surface area is 112 Å². The number of rotatable bonds is 5. The molecular formula is C15H28N2O. The van der Waals surface area contributed by atoms with E-state index in [1.807, 2.05) is 11.9 Å². The minimum absolute atomic E-state index is 0.0673. The lowest BCUT2D eigenvalue weighted by molar-refractivity contribution is 0.185. The normalized spacial score (nSPS) is 20.8. The van der Waals surface area contributed by atoms with Crippen LogP contribution in [-0.4, -0.2) is 30.6 Å². The third kappa shape index (κ3) is 5.11. The van der Waals surface area contributed by atoms with E-state index in [9.17, 15) is 4.79 Å². The van der Waals surface area contributed by atoms with Gasteiger partial charge in [0.15, 0.2) is 0 Å². The lowest BCUT2D eigenvalue weighted by Gasteiger charge is -2.27. The molecule has 1 rings (SSSR count). The third-order valence-corrected chi connectivity index (χ3v) is 3.71. The van der Waals surface area contributed by atoms with Crippen LogP contribution in [0.5, 0.6) is 0 Å². The van der Waals surface area contributed by atoms with E-state index < -0.39 is 0 Å². The SMILES string of the molecule is CC(C)CC(C)N(C)C(=O)NCC1CC=CCC1. The van der Waals surface area contributed by atoms with Gasteiger partial charge in [-0.25, -0.2) is 4.79 Å². The fourth-order valence-electron chi connectivity index (χ4n) is 2.44. The third-order valence-electron chi connectivity index (χ3n) is 3.71. The molecule has 0 aliphatic heterocycles. The molecule has 104 valence electrons. The van der Waals surface area contributed by atoms with E-state index >= 15 is 0 Å². The number of allylic oxidation sites excluding steroid dienone is 2. The Morgan fingerprint density at radius 1 is 1.39 bits per heavy atom. The van der Waals surface area contributed by atoms with Crippen LogP contribution >= 0.6 is 0 Å². The smallest absolute Gasteiger partial charge is 0.317 e. The summed E-state index contributed by atoms with van der Waals surface area (Å²) in [5.74, 6) is 1.24. The van der Waals surface area contributed by atoms with Gasteiger partial charge in [-0.05, 0) is 44.4 Å². The molecule has 1 N–H and O–H groups in total. The van der Waals surface area contributed by atoms with Gasteiger partial charge in [0.05, 0.1) is 0 Å². The van der Waals surface area contributed by atoms with Crippen molar-refractivity contribution in [2.45, 2.75) is 52.5 Å². The zero-order chi connectivity index (χ0) is 13.5. The van der Waals surface area contributed by atoms with Crippen molar-refractivity contribution in [3.63, 3.8) is 0 Å². The maximum absolute atomic E-state index is 12.0. The molecule has 0 spiro atoms. The highest BCUT2D eigenvalue weighted by molar-refractivity contribution is 5.74.